The van der Waals surface area contributed by atoms with E-state index >= 15 is 0 Å². The van der Waals surface area contributed by atoms with E-state index < -0.39 is 0 Å². The van der Waals surface area contributed by atoms with E-state index in [1.54, 1.807) is 18.2 Å². The third kappa shape index (κ3) is 4.01. The molecule has 2 aromatic rings. The molecule has 5 rings (SSSR count). The number of rotatable bonds is 5. The molecule has 0 aliphatic carbocycles. The van der Waals surface area contributed by atoms with Crippen LogP contribution in [0.3, 0.4) is 0 Å². The van der Waals surface area contributed by atoms with E-state index in [-0.39, 0.29) is 36.7 Å². The van der Waals surface area contributed by atoms with Gasteiger partial charge in [-0.2, -0.15) is 0 Å². The molecule has 33 heavy (non-hydrogen) atoms. The number of ether oxygens (including phenoxy) is 1. The molecule has 9 heteroatoms. The van der Waals surface area contributed by atoms with Gasteiger partial charge in [0.25, 0.3) is 0 Å². The van der Waals surface area contributed by atoms with Crippen molar-refractivity contribution in [2.45, 2.75) is 38.5 Å². The monoisotopic (exact) mass is 448 g/mol. The summed E-state index contributed by atoms with van der Waals surface area (Å²) in [6.07, 6.45) is 4.18. The zero-order valence-electron chi connectivity index (χ0n) is 18.9. The van der Waals surface area contributed by atoms with Crippen molar-refractivity contribution in [2.75, 3.05) is 19.0 Å². The molecule has 0 spiro atoms. The Morgan fingerprint density at radius 2 is 1.88 bits per heavy atom. The number of hydrazine groups is 2. The molecule has 3 N–H and O–H groups in total. The van der Waals surface area contributed by atoms with E-state index in [0.29, 0.717) is 0 Å². The number of benzene rings is 2. The molecule has 3 amide bonds. The third-order valence-electron chi connectivity index (χ3n) is 6.54. The molecular weight excluding hydrogens is 420 g/mol. The van der Waals surface area contributed by atoms with E-state index in [1.807, 2.05) is 67.5 Å². The van der Waals surface area contributed by atoms with Gasteiger partial charge in [0, 0.05) is 18.1 Å². The first kappa shape index (κ1) is 21.3. The van der Waals surface area contributed by atoms with Gasteiger partial charge < -0.3 is 15.1 Å². The van der Waals surface area contributed by atoms with Gasteiger partial charge in [-0.25, -0.2) is 20.7 Å². The van der Waals surface area contributed by atoms with Crippen LogP contribution in [0.25, 0.3) is 0 Å². The van der Waals surface area contributed by atoms with Crippen LogP contribution >= 0.6 is 0 Å². The fourth-order valence-electron chi connectivity index (χ4n) is 4.55. The number of methoxy groups -OCH3 is 1. The number of hydrogen-bond donors (Lipinski definition) is 3. The topological polar surface area (TPSA) is 89.2 Å². The van der Waals surface area contributed by atoms with Crippen molar-refractivity contribution in [2.24, 2.45) is 0 Å². The number of aryl methyl sites for hydroxylation is 2. The van der Waals surface area contributed by atoms with Crippen molar-refractivity contribution in [3.8, 4) is 5.75 Å². The van der Waals surface area contributed by atoms with E-state index in [1.165, 1.54) is 5.01 Å². The van der Waals surface area contributed by atoms with Crippen molar-refractivity contribution in [1.82, 2.24) is 25.8 Å². The molecule has 172 valence electrons. The summed E-state index contributed by atoms with van der Waals surface area (Å²) in [7, 11) is 1.65. The first-order valence-corrected chi connectivity index (χ1v) is 11.0. The Balaban J connectivity index is 1.24. The zero-order valence-corrected chi connectivity index (χ0v) is 18.9. The maximum absolute atomic E-state index is 12.9. The second-order valence-corrected chi connectivity index (χ2v) is 8.66. The van der Waals surface area contributed by atoms with Gasteiger partial charge in [-0.1, -0.05) is 18.2 Å². The summed E-state index contributed by atoms with van der Waals surface area (Å²) in [6, 6.07) is 13.7. The summed E-state index contributed by atoms with van der Waals surface area (Å²) in [5.74, 6) is 0.568. The molecule has 0 aromatic heterocycles. The summed E-state index contributed by atoms with van der Waals surface area (Å²) in [5, 5.41) is 6.30. The highest BCUT2D eigenvalue weighted by atomic mass is 16.5. The van der Waals surface area contributed by atoms with Crippen LogP contribution in [0, 0.1) is 13.8 Å². The number of nitrogens with one attached hydrogen (secondary N) is 3. The van der Waals surface area contributed by atoms with Gasteiger partial charge in [-0.15, -0.1) is 0 Å². The molecule has 2 saturated heterocycles. The fraction of sp³-hybridized carbons (Fsp3) is 0.333. The van der Waals surface area contributed by atoms with Crippen molar-refractivity contribution in [1.29, 1.82) is 0 Å². The fourth-order valence-corrected chi connectivity index (χ4v) is 4.55. The van der Waals surface area contributed by atoms with Crippen LogP contribution in [0.5, 0.6) is 5.75 Å². The molecular formula is C24H28N6O3. The average Bonchev–Trinajstić information content (AvgIpc) is 3.38. The van der Waals surface area contributed by atoms with Crippen LogP contribution in [-0.2, 0) is 4.79 Å². The van der Waals surface area contributed by atoms with Crippen molar-refractivity contribution in [3.05, 3.63) is 71.6 Å². The largest absolute Gasteiger partial charge is 0.497 e. The molecule has 0 saturated carbocycles. The predicted octanol–water partition coefficient (Wildman–Crippen LogP) is 2.62. The van der Waals surface area contributed by atoms with E-state index in [9.17, 15) is 9.59 Å². The molecule has 3 unspecified atom stereocenters. The number of anilines is 1. The van der Waals surface area contributed by atoms with Gasteiger partial charge in [0.15, 0.2) is 0 Å². The van der Waals surface area contributed by atoms with Crippen molar-refractivity contribution < 1.29 is 14.3 Å². The van der Waals surface area contributed by atoms with Gasteiger partial charge in [-0.05, 0) is 61.2 Å². The Morgan fingerprint density at radius 3 is 2.61 bits per heavy atom. The van der Waals surface area contributed by atoms with Crippen LogP contribution in [0.1, 0.15) is 29.2 Å². The maximum atomic E-state index is 12.9. The minimum Gasteiger partial charge on any atom is -0.497 e. The average molecular weight is 449 g/mol. The first-order valence-electron chi connectivity index (χ1n) is 11.0. The molecule has 3 heterocycles. The van der Waals surface area contributed by atoms with Crippen LogP contribution in [0.2, 0.25) is 0 Å². The smallest absolute Gasteiger partial charge is 0.340 e. The Hall–Kier alpha value is -3.56. The number of urea groups is 1. The first-order chi connectivity index (χ1) is 15.9. The number of carbonyl (C=O) groups is 2. The summed E-state index contributed by atoms with van der Waals surface area (Å²) < 4.78 is 5.25. The SMILES string of the molecule is COc1ccc(C2CC3C4NN(CC(=O)Nc5ccc(C)c(C)c5)C(=O)N4C=CN3N2)cc1. The van der Waals surface area contributed by atoms with Gasteiger partial charge in [0.1, 0.15) is 18.5 Å². The lowest BCUT2D eigenvalue weighted by Crippen LogP contribution is -2.54. The number of carbonyl (C=O) groups excluding carboxylic acids is 2. The van der Waals surface area contributed by atoms with E-state index in [2.05, 4.69) is 16.2 Å². The Kier molecular flexibility index (Phi) is 5.43. The zero-order chi connectivity index (χ0) is 23.1. The summed E-state index contributed by atoms with van der Waals surface area (Å²) >= 11 is 0. The quantitative estimate of drug-likeness (QED) is 0.652. The minimum absolute atomic E-state index is 0.0267. The third-order valence-corrected chi connectivity index (χ3v) is 6.54. The number of nitrogens with zero attached hydrogens (tertiary/aromatic N) is 3. The lowest BCUT2D eigenvalue weighted by molar-refractivity contribution is -0.117. The summed E-state index contributed by atoms with van der Waals surface area (Å²) in [4.78, 5) is 27.2. The lowest BCUT2D eigenvalue weighted by Gasteiger charge is -2.34. The predicted molar refractivity (Wildman–Crippen MR) is 124 cm³/mol. The maximum Gasteiger partial charge on any atom is 0.340 e. The molecule has 0 radical (unpaired) electrons. The summed E-state index contributed by atoms with van der Waals surface area (Å²) in [6.45, 7) is 3.95. The van der Waals surface area contributed by atoms with Crippen molar-refractivity contribution in [3.63, 3.8) is 0 Å². The highest BCUT2D eigenvalue weighted by Crippen LogP contribution is 2.35. The standard InChI is InChI=1S/C24H28N6O3/c1-15-4-7-18(12-16(15)2)25-22(31)14-30-24(32)28-10-11-29-21(23(28)27-30)13-20(26-29)17-5-8-19(33-3)9-6-17/h4-12,20-21,23,26-27H,13-14H2,1-3H3,(H,25,31). The Labute approximate surface area is 192 Å². The van der Waals surface area contributed by atoms with Crippen LogP contribution < -0.4 is 20.9 Å². The lowest BCUT2D eigenvalue weighted by atomic mass is 10.00. The molecule has 2 aromatic carbocycles. The van der Waals surface area contributed by atoms with Gasteiger partial charge in [0.05, 0.1) is 19.2 Å². The van der Waals surface area contributed by atoms with Crippen LogP contribution in [0.4, 0.5) is 10.5 Å². The van der Waals surface area contributed by atoms with Crippen LogP contribution in [-0.4, -0.2) is 52.7 Å². The number of fused-ring (bicyclic) bond motifs is 3. The highest BCUT2D eigenvalue weighted by molar-refractivity contribution is 5.94. The van der Waals surface area contributed by atoms with Crippen LogP contribution in [0.15, 0.2) is 54.9 Å². The van der Waals surface area contributed by atoms with E-state index in [0.717, 1.165) is 34.5 Å². The highest BCUT2D eigenvalue weighted by Gasteiger charge is 2.48. The van der Waals surface area contributed by atoms with Gasteiger partial charge in [0.2, 0.25) is 5.91 Å². The molecule has 9 nitrogen and oxygen atoms in total. The summed E-state index contributed by atoms with van der Waals surface area (Å²) in [5.41, 5.74) is 10.9. The Morgan fingerprint density at radius 1 is 1.09 bits per heavy atom. The second-order valence-electron chi connectivity index (χ2n) is 8.66. The molecule has 0 bridgehead atoms. The molecule has 2 fully saturated rings. The molecule has 3 atom stereocenters. The Bertz CT molecular complexity index is 1100. The van der Waals surface area contributed by atoms with E-state index in [4.69, 9.17) is 4.74 Å². The normalized spacial score (nSPS) is 23.5. The van der Waals surface area contributed by atoms with Gasteiger partial charge >= 0.3 is 6.03 Å². The number of hydrogen-bond acceptors (Lipinski definition) is 6. The number of amides is 3. The van der Waals surface area contributed by atoms with Gasteiger partial charge in [-0.3, -0.25) is 9.69 Å². The molecule has 3 aliphatic rings. The minimum atomic E-state index is -0.257. The second kappa shape index (κ2) is 8.42. The van der Waals surface area contributed by atoms with Crippen molar-refractivity contribution >= 4 is 17.6 Å². The molecule has 3 aliphatic heterocycles.